The fourth-order valence-corrected chi connectivity index (χ4v) is 7.91. The zero-order chi connectivity index (χ0) is 30.5. The van der Waals surface area contributed by atoms with Gasteiger partial charge in [0.2, 0.25) is 10.0 Å². The highest BCUT2D eigenvalue weighted by molar-refractivity contribution is 7.93. The molecule has 43 heavy (non-hydrogen) atoms. The Morgan fingerprint density at radius 1 is 1.00 bits per heavy atom. The molecule has 4 heterocycles. The Hall–Kier alpha value is -4.03. The predicted octanol–water partition coefficient (Wildman–Crippen LogP) is 5.94. The van der Waals surface area contributed by atoms with Gasteiger partial charge in [-0.1, -0.05) is 38.1 Å². The van der Waals surface area contributed by atoms with E-state index < -0.39 is 22.7 Å². The van der Waals surface area contributed by atoms with E-state index in [0.717, 1.165) is 17.7 Å². The van der Waals surface area contributed by atoms with Crippen molar-refractivity contribution in [3.8, 4) is 17.2 Å². The Morgan fingerprint density at radius 3 is 2.40 bits per heavy atom. The summed E-state index contributed by atoms with van der Waals surface area (Å²) >= 11 is 0. The van der Waals surface area contributed by atoms with Crippen molar-refractivity contribution in [1.82, 2.24) is 19.0 Å². The maximum Gasteiger partial charge on any atom is 0.387 e. The highest BCUT2D eigenvalue weighted by Gasteiger charge is 2.39. The maximum atomic E-state index is 13.9. The van der Waals surface area contributed by atoms with Gasteiger partial charge in [-0.15, -0.1) is 0 Å². The average Bonchev–Trinajstić information content (AvgIpc) is 3.31. The number of methoxy groups -OCH3 is 1. The maximum absolute atomic E-state index is 13.9. The first-order valence-electron chi connectivity index (χ1n) is 14.1. The number of fused-ring (bicyclic) bond motifs is 2. The molecule has 0 saturated carbocycles. The second-order valence-electron chi connectivity index (χ2n) is 11.3. The van der Waals surface area contributed by atoms with E-state index in [1.807, 2.05) is 37.3 Å². The summed E-state index contributed by atoms with van der Waals surface area (Å²) in [6.07, 6.45) is 5.88. The first kappa shape index (κ1) is 29.1. The van der Waals surface area contributed by atoms with Gasteiger partial charge < -0.3 is 14.4 Å². The minimum atomic E-state index is -3.80. The number of rotatable bonds is 7. The Kier molecular flexibility index (Phi) is 7.59. The molecule has 0 bridgehead atoms. The molecule has 3 aliphatic heterocycles. The highest BCUT2D eigenvalue weighted by atomic mass is 32.2. The van der Waals surface area contributed by atoms with Gasteiger partial charge in [-0.25, -0.2) is 18.1 Å². The topological polar surface area (TPSA) is 89.3 Å². The molecule has 1 aromatic heterocycles. The van der Waals surface area contributed by atoms with Gasteiger partial charge in [-0.05, 0) is 67.2 Å². The number of hydrogen-bond donors (Lipinski definition) is 0. The summed E-state index contributed by atoms with van der Waals surface area (Å²) < 4.78 is 67.4. The van der Waals surface area contributed by atoms with Crippen LogP contribution in [0.5, 0.6) is 11.5 Å². The van der Waals surface area contributed by atoms with Crippen molar-refractivity contribution in [1.29, 1.82) is 0 Å². The number of benzene rings is 2. The van der Waals surface area contributed by atoms with Gasteiger partial charge in [0.25, 0.3) is 0 Å². The number of aliphatic imine (C=N–C) groups is 1. The third kappa shape index (κ3) is 5.33. The molecule has 0 N–H and O–H groups in total. The molecule has 0 amide bonds. The lowest BCUT2D eigenvalue weighted by Gasteiger charge is -2.38. The smallest absolute Gasteiger partial charge is 0.387 e. The van der Waals surface area contributed by atoms with Crippen LogP contribution in [-0.4, -0.2) is 60.0 Å². The Balaban J connectivity index is 1.50. The molecule has 0 aliphatic carbocycles. The predicted molar refractivity (Wildman–Crippen MR) is 159 cm³/mol. The highest BCUT2D eigenvalue weighted by Crippen LogP contribution is 2.46. The van der Waals surface area contributed by atoms with E-state index in [0.29, 0.717) is 36.0 Å². The quantitative estimate of drug-likeness (QED) is 0.329. The van der Waals surface area contributed by atoms with E-state index in [4.69, 9.17) is 14.8 Å². The number of alkyl halides is 2. The molecule has 6 rings (SSSR count). The number of sulfonamides is 1. The van der Waals surface area contributed by atoms with E-state index in [1.165, 1.54) is 13.2 Å². The lowest BCUT2D eigenvalue weighted by molar-refractivity contribution is -0.0512. The lowest BCUT2D eigenvalue weighted by atomic mass is 9.94. The van der Waals surface area contributed by atoms with Crippen molar-refractivity contribution in [2.75, 3.05) is 20.2 Å². The van der Waals surface area contributed by atoms with Gasteiger partial charge in [0.1, 0.15) is 5.84 Å². The number of allylic oxidation sites excluding steroid dienone is 1. The zero-order valence-corrected chi connectivity index (χ0v) is 25.1. The SMILES string of the molecule is COc1cc([C@@H]2c3c(C)nn(-c4ccccc4)c3N=C3C=CC(S(=O)(=O)N4C[C@@H](C)C[C@H](C)C4)=CN32)ccc1OC(F)F. The number of aryl methyl sites for hydroxylation is 1. The molecular weight excluding hydrogens is 576 g/mol. The Bertz CT molecular complexity index is 1730. The van der Waals surface area contributed by atoms with E-state index in [9.17, 15) is 17.2 Å². The number of hydrogen-bond acceptors (Lipinski definition) is 7. The van der Waals surface area contributed by atoms with E-state index in [1.54, 1.807) is 44.4 Å². The lowest BCUT2D eigenvalue weighted by Crippen LogP contribution is -2.44. The molecule has 1 fully saturated rings. The number of ether oxygens (including phenoxy) is 2. The molecule has 3 atom stereocenters. The fourth-order valence-electron chi connectivity index (χ4n) is 6.22. The fraction of sp³-hybridized carbons (Fsp3) is 0.355. The zero-order valence-electron chi connectivity index (χ0n) is 24.3. The summed E-state index contributed by atoms with van der Waals surface area (Å²) in [7, 11) is -2.42. The Labute approximate surface area is 249 Å². The van der Waals surface area contributed by atoms with Gasteiger partial charge >= 0.3 is 6.61 Å². The first-order valence-corrected chi connectivity index (χ1v) is 15.6. The second-order valence-corrected chi connectivity index (χ2v) is 13.2. The normalized spacial score (nSPS) is 22.1. The van der Waals surface area contributed by atoms with Gasteiger partial charge in [-0.3, -0.25) is 0 Å². The van der Waals surface area contributed by atoms with Gasteiger partial charge in [0.15, 0.2) is 17.3 Å². The van der Waals surface area contributed by atoms with Gasteiger partial charge in [-0.2, -0.15) is 18.2 Å². The van der Waals surface area contributed by atoms with E-state index >= 15 is 0 Å². The van der Waals surface area contributed by atoms with Crippen LogP contribution in [0.2, 0.25) is 0 Å². The van der Waals surface area contributed by atoms with Crippen LogP contribution < -0.4 is 9.47 Å². The number of piperidine rings is 1. The van der Waals surface area contributed by atoms with Crippen molar-refractivity contribution in [2.45, 2.75) is 39.8 Å². The van der Waals surface area contributed by atoms with Crippen LogP contribution in [0.15, 0.2) is 76.8 Å². The van der Waals surface area contributed by atoms with Crippen LogP contribution in [0.3, 0.4) is 0 Å². The molecule has 1 saturated heterocycles. The summed E-state index contributed by atoms with van der Waals surface area (Å²) in [6.45, 7) is 3.90. The molecule has 3 aromatic rings. The molecule has 226 valence electrons. The van der Waals surface area contributed by atoms with Crippen LogP contribution in [0.1, 0.15) is 43.1 Å². The number of amidine groups is 1. The molecule has 0 unspecified atom stereocenters. The third-order valence-electron chi connectivity index (χ3n) is 7.97. The minimum Gasteiger partial charge on any atom is -0.493 e. The van der Waals surface area contributed by atoms with Crippen molar-refractivity contribution in [3.05, 3.63) is 88.6 Å². The van der Waals surface area contributed by atoms with Crippen LogP contribution in [-0.2, 0) is 10.0 Å². The summed E-state index contributed by atoms with van der Waals surface area (Å²) in [5.74, 6) is 1.63. The van der Waals surface area contributed by atoms with E-state index in [2.05, 4.69) is 18.6 Å². The second kappa shape index (κ2) is 11.2. The van der Waals surface area contributed by atoms with Crippen LogP contribution in [0, 0.1) is 18.8 Å². The molecule has 0 radical (unpaired) electrons. The molecule has 9 nitrogen and oxygen atoms in total. The molecule has 3 aliphatic rings. The molecule has 2 aromatic carbocycles. The summed E-state index contributed by atoms with van der Waals surface area (Å²) in [6, 6.07) is 13.7. The van der Waals surface area contributed by atoms with Gasteiger partial charge in [0, 0.05) is 24.9 Å². The van der Waals surface area contributed by atoms with Crippen molar-refractivity contribution >= 4 is 21.7 Å². The number of aromatic nitrogens is 2. The van der Waals surface area contributed by atoms with Crippen LogP contribution in [0.4, 0.5) is 14.6 Å². The average molecular weight is 610 g/mol. The van der Waals surface area contributed by atoms with Crippen molar-refractivity contribution < 1.29 is 26.7 Å². The summed E-state index contributed by atoms with van der Waals surface area (Å²) in [4.78, 5) is 6.90. The first-order chi connectivity index (χ1) is 20.6. The third-order valence-corrected chi connectivity index (χ3v) is 9.79. The molecule has 12 heteroatoms. The summed E-state index contributed by atoms with van der Waals surface area (Å²) in [5, 5.41) is 4.81. The minimum absolute atomic E-state index is 0.103. The van der Waals surface area contributed by atoms with Gasteiger partial charge in [0.05, 0.1) is 29.4 Å². The molecular formula is C31H33F2N5O4S. The number of nitrogens with zero attached hydrogens (tertiary/aromatic N) is 5. The monoisotopic (exact) mass is 609 g/mol. The van der Waals surface area contributed by atoms with Crippen LogP contribution in [0.25, 0.3) is 5.69 Å². The number of para-hydroxylation sites is 1. The summed E-state index contributed by atoms with van der Waals surface area (Å²) in [5.41, 5.74) is 2.91. The molecule has 0 spiro atoms. The number of halogens is 2. The van der Waals surface area contributed by atoms with Crippen molar-refractivity contribution in [3.63, 3.8) is 0 Å². The Morgan fingerprint density at radius 2 is 1.72 bits per heavy atom. The van der Waals surface area contributed by atoms with E-state index in [-0.39, 0.29) is 28.2 Å². The largest absolute Gasteiger partial charge is 0.493 e. The van der Waals surface area contributed by atoms with Crippen molar-refractivity contribution in [2.24, 2.45) is 16.8 Å². The standard InChI is InChI=1S/C31H33F2N5O4S/c1-19-14-20(2)17-36(16-19)43(39,40)24-11-13-27-34-30-28(21(3)35-38(30)23-8-6-5-7-9-23)29(37(27)18-24)22-10-12-25(42-31(32)33)26(15-22)41-4/h5-13,15,18-20,29,31H,14,16-17H2,1-4H3/t19-,20-,29+/m0/s1. The van der Waals surface area contributed by atoms with Crippen LogP contribution >= 0.6 is 0 Å².